The van der Waals surface area contributed by atoms with Crippen LogP contribution in [0.2, 0.25) is 0 Å². The molecular weight excluding hydrogens is 222 g/mol. The lowest BCUT2D eigenvalue weighted by molar-refractivity contribution is 0.785. The van der Waals surface area contributed by atoms with Gasteiger partial charge >= 0.3 is 0 Å². The average molecular weight is 234 g/mol. The minimum atomic E-state index is 0.492. The van der Waals surface area contributed by atoms with Crippen molar-refractivity contribution in [3.63, 3.8) is 0 Å². The maximum atomic E-state index is 5.57. The van der Waals surface area contributed by atoms with Gasteiger partial charge in [0.2, 0.25) is 0 Å². The van der Waals surface area contributed by atoms with Gasteiger partial charge in [-0.3, -0.25) is 0 Å². The Morgan fingerprint density at radius 1 is 1.73 bits per heavy atom. The van der Waals surface area contributed by atoms with E-state index >= 15 is 0 Å². The number of thiophene rings is 1. The second-order valence-electron chi connectivity index (χ2n) is 2.73. The van der Waals surface area contributed by atoms with Crippen LogP contribution in [-0.2, 0) is 0 Å². The number of nitrogens with two attached hydrogens (primary N) is 1. The average Bonchev–Trinajstić information content (AvgIpc) is 2.28. The van der Waals surface area contributed by atoms with Crippen molar-refractivity contribution in [3.8, 4) is 0 Å². The molecule has 1 heterocycles. The highest BCUT2D eigenvalue weighted by molar-refractivity contribution is 9.11. The predicted molar refractivity (Wildman–Crippen MR) is 54.2 cm³/mol. The highest BCUT2D eigenvalue weighted by Crippen LogP contribution is 2.31. The van der Waals surface area contributed by atoms with Gasteiger partial charge in [0.05, 0.1) is 3.79 Å². The molecule has 0 aromatic carbocycles. The highest BCUT2D eigenvalue weighted by Gasteiger charge is 2.09. The largest absolute Gasteiger partial charge is 0.330 e. The molecule has 0 aliphatic heterocycles. The Bertz CT molecular complexity index is 244. The van der Waals surface area contributed by atoms with Crippen LogP contribution >= 0.6 is 27.3 Å². The van der Waals surface area contributed by atoms with Gasteiger partial charge < -0.3 is 5.73 Å². The molecule has 0 saturated heterocycles. The number of rotatable bonds is 2. The predicted octanol–water partition coefficient (Wildman–Crippen LogP) is 2.88. The fourth-order valence-corrected chi connectivity index (χ4v) is 2.88. The monoisotopic (exact) mass is 233 g/mol. The lowest BCUT2D eigenvalue weighted by Crippen LogP contribution is -2.08. The quantitative estimate of drug-likeness (QED) is 0.836. The van der Waals surface area contributed by atoms with Crippen LogP contribution in [0.3, 0.4) is 0 Å². The number of aryl methyl sites for hydroxylation is 1. The zero-order chi connectivity index (χ0) is 8.43. The van der Waals surface area contributed by atoms with Crippen molar-refractivity contribution >= 4 is 27.3 Å². The molecule has 0 aliphatic carbocycles. The highest BCUT2D eigenvalue weighted by atomic mass is 79.9. The lowest BCUT2D eigenvalue weighted by atomic mass is 10.1. The summed E-state index contributed by atoms with van der Waals surface area (Å²) in [6, 6.07) is 2.14. The Balaban J connectivity index is 2.93. The molecule has 62 valence electrons. The van der Waals surface area contributed by atoms with Gasteiger partial charge in [-0.1, -0.05) is 6.92 Å². The van der Waals surface area contributed by atoms with Crippen molar-refractivity contribution in [3.05, 3.63) is 20.3 Å². The molecule has 3 heteroatoms. The van der Waals surface area contributed by atoms with E-state index in [0.717, 1.165) is 6.54 Å². The maximum absolute atomic E-state index is 5.57. The van der Waals surface area contributed by atoms with Crippen molar-refractivity contribution in [1.29, 1.82) is 0 Å². The van der Waals surface area contributed by atoms with E-state index in [9.17, 15) is 0 Å². The number of halogens is 1. The first-order valence-electron chi connectivity index (χ1n) is 3.61. The fourth-order valence-electron chi connectivity index (χ4n) is 1.05. The van der Waals surface area contributed by atoms with Gasteiger partial charge in [-0.25, -0.2) is 0 Å². The molecule has 0 spiro atoms. The molecule has 1 rings (SSSR count). The van der Waals surface area contributed by atoms with E-state index in [1.54, 1.807) is 11.3 Å². The van der Waals surface area contributed by atoms with Gasteiger partial charge in [0.25, 0.3) is 0 Å². The van der Waals surface area contributed by atoms with Crippen LogP contribution in [0.1, 0.15) is 23.3 Å². The molecule has 1 unspecified atom stereocenters. The standard InChI is InChI=1S/C8H12BrNS/c1-5-3-7(9)11-8(5)6(2)4-10/h3,6H,4,10H2,1-2H3. The Morgan fingerprint density at radius 3 is 2.73 bits per heavy atom. The van der Waals surface area contributed by atoms with E-state index in [4.69, 9.17) is 5.73 Å². The third-order valence-corrected chi connectivity index (χ3v) is 3.70. The van der Waals surface area contributed by atoms with Crippen molar-refractivity contribution in [2.75, 3.05) is 6.54 Å². The summed E-state index contributed by atoms with van der Waals surface area (Å²) in [5.74, 6) is 0.492. The molecule has 1 nitrogen and oxygen atoms in total. The smallest absolute Gasteiger partial charge is 0.0704 e. The number of hydrogen-bond donors (Lipinski definition) is 1. The summed E-state index contributed by atoms with van der Waals surface area (Å²) in [5.41, 5.74) is 6.92. The van der Waals surface area contributed by atoms with Crippen LogP contribution in [-0.4, -0.2) is 6.54 Å². The van der Waals surface area contributed by atoms with Crippen LogP contribution in [0.4, 0.5) is 0 Å². The van der Waals surface area contributed by atoms with Crippen LogP contribution in [0.25, 0.3) is 0 Å². The first-order chi connectivity index (χ1) is 5.15. The van der Waals surface area contributed by atoms with Gasteiger partial charge in [0.15, 0.2) is 0 Å². The summed E-state index contributed by atoms with van der Waals surface area (Å²) < 4.78 is 1.20. The number of hydrogen-bond acceptors (Lipinski definition) is 2. The Hall–Kier alpha value is 0.140. The van der Waals surface area contributed by atoms with E-state index in [0.29, 0.717) is 5.92 Å². The van der Waals surface area contributed by atoms with E-state index in [1.165, 1.54) is 14.2 Å². The summed E-state index contributed by atoms with van der Waals surface area (Å²) in [6.45, 7) is 5.02. The molecule has 1 aromatic rings. The second-order valence-corrected chi connectivity index (χ2v) is 5.20. The molecule has 0 aliphatic rings. The first kappa shape index (κ1) is 9.23. The van der Waals surface area contributed by atoms with Crippen molar-refractivity contribution in [1.82, 2.24) is 0 Å². The van der Waals surface area contributed by atoms with E-state index in [1.807, 2.05) is 0 Å². The summed E-state index contributed by atoms with van der Waals surface area (Å²) >= 11 is 5.24. The maximum Gasteiger partial charge on any atom is 0.0704 e. The summed E-state index contributed by atoms with van der Waals surface area (Å²) in [5, 5.41) is 0. The van der Waals surface area contributed by atoms with Crippen LogP contribution < -0.4 is 5.73 Å². The molecule has 11 heavy (non-hydrogen) atoms. The lowest BCUT2D eigenvalue weighted by Gasteiger charge is -2.05. The van der Waals surface area contributed by atoms with Crippen molar-refractivity contribution in [2.24, 2.45) is 5.73 Å². The fraction of sp³-hybridized carbons (Fsp3) is 0.500. The van der Waals surface area contributed by atoms with Crippen molar-refractivity contribution < 1.29 is 0 Å². The molecule has 2 N–H and O–H groups in total. The Morgan fingerprint density at radius 2 is 2.36 bits per heavy atom. The summed E-state index contributed by atoms with van der Waals surface area (Å²) in [4.78, 5) is 1.40. The zero-order valence-corrected chi connectivity index (χ0v) is 9.13. The molecule has 1 aromatic heterocycles. The molecule has 0 bridgehead atoms. The van der Waals surface area contributed by atoms with Crippen LogP contribution in [0.5, 0.6) is 0 Å². The van der Waals surface area contributed by atoms with Crippen LogP contribution in [0, 0.1) is 6.92 Å². The topological polar surface area (TPSA) is 26.0 Å². The van der Waals surface area contributed by atoms with E-state index in [-0.39, 0.29) is 0 Å². The van der Waals surface area contributed by atoms with Gasteiger partial charge in [-0.2, -0.15) is 0 Å². The SMILES string of the molecule is Cc1cc(Br)sc1C(C)CN. The van der Waals surface area contributed by atoms with Crippen LogP contribution in [0.15, 0.2) is 9.85 Å². The third kappa shape index (κ3) is 2.04. The summed E-state index contributed by atoms with van der Waals surface area (Å²) in [7, 11) is 0. The van der Waals surface area contributed by atoms with Gasteiger partial charge in [-0.05, 0) is 41.0 Å². The van der Waals surface area contributed by atoms with Gasteiger partial charge in [0.1, 0.15) is 0 Å². The molecule has 0 amide bonds. The second kappa shape index (κ2) is 3.70. The third-order valence-electron chi connectivity index (χ3n) is 1.73. The van der Waals surface area contributed by atoms with Gasteiger partial charge in [0, 0.05) is 10.8 Å². The normalized spacial score (nSPS) is 13.5. The van der Waals surface area contributed by atoms with Gasteiger partial charge in [-0.15, -0.1) is 11.3 Å². The molecule has 0 radical (unpaired) electrons. The minimum absolute atomic E-state index is 0.492. The first-order valence-corrected chi connectivity index (χ1v) is 5.22. The molecule has 0 saturated carbocycles. The molecular formula is C8H12BrNS. The molecule has 1 atom stereocenters. The Kier molecular flexibility index (Phi) is 3.10. The van der Waals surface area contributed by atoms with E-state index in [2.05, 4.69) is 35.8 Å². The van der Waals surface area contributed by atoms with Crippen molar-refractivity contribution in [2.45, 2.75) is 19.8 Å². The van der Waals surface area contributed by atoms with E-state index < -0.39 is 0 Å². The molecule has 0 fully saturated rings. The summed E-state index contributed by atoms with van der Waals surface area (Å²) in [6.07, 6.45) is 0. The minimum Gasteiger partial charge on any atom is -0.330 e. The zero-order valence-electron chi connectivity index (χ0n) is 6.73. The Labute approximate surface area is 79.7 Å².